The van der Waals surface area contributed by atoms with Crippen LogP contribution in [0, 0.1) is 22.7 Å². The summed E-state index contributed by atoms with van der Waals surface area (Å²) in [5.74, 6) is 0.382. The first-order valence-corrected chi connectivity index (χ1v) is 3.88. The molecule has 0 radical (unpaired) electrons. The average Bonchev–Trinajstić information content (AvgIpc) is 2.05. The fourth-order valence-corrected chi connectivity index (χ4v) is 0.851. The van der Waals surface area contributed by atoms with Crippen molar-refractivity contribution in [1.82, 2.24) is 0 Å². The largest absolute Gasteiger partial charge is 0.313 e. The monoisotopic (exact) mass is 152 g/mol. The summed E-state index contributed by atoms with van der Waals surface area (Å²) in [5, 5.41) is 14.1. The molecule has 0 rings (SSSR count). The van der Waals surface area contributed by atoms with Gasteiger partial charge < -0.3 is 10.8 Å². The third-order valence-corrected chi connectivity index (χ3v) is 1.80. The van der Waals surface area contributed by atoms with E-state index in [-0.39, 0.29) is 11.8 Å². The molecule has 0 saturated heterocycles. The Kier molecular flexibility index (Phi) is 5.35. The molecule has 0 saturated carbocycles. The summed E-state index contributed by atoms with van der Waals surface area (Å²) in [6, 6.07) is 0. The maximum Gasteiger partial charge on any atom is 0.00445 e. The van der Waals surface area contributed by atoms with E-state index in [2.05, 4.69) is 0 Å². The quantitative estimate of drug-likeness (QED) is 0.449. The van der Waals surface area contributed by atoms with Crippen LogP contribution >= 0.6 is 0 Å². The topological polar surface area (TPSA) is 47.7 Å². The highest BCUT2D eigenvalue weighted by Gasteiger charge is 2.09. The SMILES string of the molecule is CC=CCC(C=N)C(C)C=N. The minimum absolute atomic E-state index is 0.184. The van der Waals surface area contributed by atoms with E-state index in [1.54, 1.807) is 0 Å². The van der Waals surface area contributed by atoms with Gasteiger partial charge in [-0.3, -0.25) is 0 Å². The number of rotatable bonds is 5. The molecule has 0 bridgehead atoms. The van der Waals surface area contributed by atoms with Crippen LogP contribution in [0.4, 0.5) is 0 Å². The number of nitrogens with one attached hydrogen (secondary N) is 2. The summed E-state index contributed by atoms with van der Waals surface area (Å²) in [6.07, 6.45) is 7.72. The lowest BCUT2D eigenvalue weighted by atomic mass is 9.93. The molecule has 2 atom stereocenters. The van der Waals surface area contributed by atoms with Gasteiger partial charge in [-0.25, -0.2) is 0 Å². The van der Waals surface area contributed by atoms with Gasteiger partial charge in [-0.05, 0) is 31.7 Å². The molecule has 0 aliphatic carbocycles. The Morgan fingerprint density at radius 3 is 2.27 bits per heavy atom. The summed E-state index contributed by atoms with van der Waals surface area (Å²) in [6.45, 7) is 3.93. The Bertz CT molecular complexity index is 150. The van der Waals surface area contributed by atoms with Crippen molar-refractivity contribution in [3.63, 3.8) is 0 Å². The highest BCUT2D eigenvalue weighted by Crippen LogP contribution is 2.11. The molecule has 62 valence electrons. The molecule has 2 N–H and O–H groups in total. The van der Waals surface area contributed by atoms with Gasteiger partial charge in [0.2, 0.25) is 0 Å². The van der Waals surface area contributed by atoms with Gasteiger partial charge in [0.05, 0.1) is 0 Å². The van der Waals surface area contributed by atoms with Crippen LogP contribution in [0.5, 0.6) is 0 Å². The molecule has 0 aliphatic heterocycles. The van der Waals surface area contributed by atoms with Crippen molar-refractivity contribution in [3.8, 4) is 0 Å². The highest BCUT2D eigenvalue weighted by molar-refractivity contribution is 5.67. The van der Waals surface area contributed by atoms with Crippen LogP contribution in [0.2, 0.25) is 0 Å². The van der Waals surface area contributed by atoms with Crippen LogP contribution in [0.3, 0.4) is 0 Å². The normalized spacial score (nSPS) is 16.2. The smallest absolute Gasteiger partial charge is 0.00445 e. The number of allylic oxidation sites excluding steroid dienone is 2. The Labute approximate surface area is 68.3 Å². The Morgan fingerprint density at radius 1 is 1.27 bits per heavy atom. The predicted molar refractivity (Wildman–Crippen MR) is 49.7 cm³/mol. The maximum atomic E-state index is 7.11. The first kappa shape index (κ1) is 10.1. The summed E-state index contributed by atoms with van der Waals surface area (Å²) in [7, 11) is 0. The van der Waals surface area contributed by atoms with Crippen LogP contribution in [0.25, 0.3) is 0 Å². The molecular formula is C9H16N2. The predicted octanol–water partition coefficient (Wildman–Crippen LogP) is 2.50. The molecule has 11 heavy (non-hydrogen) atoms. The zero-order chi connectivity index (χ0) is 8.69. The van der Waals surface area contributed by atoms with E-state index in [1.165, 1.54) is 12.4 Å². The average molecular weight is 152 g/mol. The van der Waals surface area contributed by atoms with Gasteiger partial charge in [0.15, 0.2) is 0 Å². The maximum absolute atomic E-state index is 7.11. The van der Waals surface area contributed by atoms with Crippen molar-refractivity contribution < 1.29 is 0 Å². The molecule has 0 aromatic rings. The standard InChI is InChI=1S/C9H16N2/c1-3-4-5-9(7-11)8(2)6-10/h3-4,6-11H,5H2,1-2H3. The Balaban J connectivity index is 3.93. The van der Waals surface area contributed by atoms with Crippen LogP contribution in [0.15, 0.2) is 12.2 Å². The van der Waals surface area contributed by atoms with Crippen molar-refractivity contribution in [2.24, 2.45) is 11.8 Å². The fraction of sp³-hybridized carbons (Fsp3) is 0.556. The summed E-state index contributed by atoms with van der Waals surface area (Å²) >= 11 is 0. The Hall–Kier alpha value is -0.920. The van der Waals surface area contributed by atoms with E-state index < -0.39 is 0 Å². The molecule has 0 aromatic carbocycles. The van der Waals surface area contributed by atoms with Gasteiger partial charge in [-0.15, -0.1) is 0 Å². The number of hydrogen-bond donors (Lipinski definition) is 2. The van der Waals surface area contributed by atoms with Gasteiger partial charge in [-0.1, -0.05) is 19.1 Å². The second-order valence-corrected chi connectivity index (χ2v) is 2.66. The first-order chi connectivity index (χ1) is 5.26. The lowest BCUT2D eigenvalue weighted by Gasteiger charge is -2.12. The van der Waals surface area contributed by atoms with Gasteiger partial charge in [0.25, 0.3) is 0 Å². The van der Waals surface area contributed by atoms with E-state index >= 15 is 0 Å². The van der Waals surface area contributed by atoms with Crippen molar-refractivity contribution >= 4 is 12.4 Å². The molecule has 2 unspecified atom stereocenters. The lowest BCUT2D eigenvalue weighted by Crippen LogP contribution is -2.12. The van der Waals surface area contributed by atoms with Gasteiger partial charge in [-0.2, -0.15) is 0 Å². The fourth-order valence-electron chi connectivity index (χ4n) is 0.851. The van der Waals surface area contributed by atoms with E-state index in [1.807, 2.05) is 26.0 Å². The molecule has 2 nitrogen and oxygen atoms in total. The van der Waals surface area contributed by atoms with Crippen molar-refractivity contribution in [3.05, 3.63) is 12.2 Å². The zero-order valence-corrected chi connectivity index (χ0v) is 7.17. The number of hydrogen-bond acceptors (Lipinski definition) is 2. The van der Waals surface area contributed by atoms with Crippen LogP contribution in [-0.4, -0.2) is 12.4 Å². The minimum Gasteiger partial charge on any atom is -0.313 e. The van der Waals surface area contributed by atoms with Crippen molar-refractivity contribution in [2.75, 3.05) is 0 Å². The highest BCUT2D eigenvalue weighted by atomic mass is 14.4. The zero-order valence-electron chi connectivity index (χ0n) is 7.17. The van der Waals surface area contributed by atoms with E-state index in [9.17, 15) is 0 Å². The summed E-state index contributed by atoms with van der Waals surface area (Å²) < 4.78 is 0. The molecule has 2 heteroatoms. The third kappa shape index (κ3) is 3.71. The molecule has 0 fully saturated rings. The van der Waals surface area contributed by atoms with Gasteiger partial charge >= 0.3 is 0 Å². The molecule has 0 amide bonds. The molecule has 0 aliphatic rings. The summed E-state index contributed by atoms with van der Waals surface area (Å²) in [4.78, 5) is 0. The van der Waals surface area contributed by atoms with Gasteiger partial charge in [0.1, 0.15) is 0 Å². The minimum atomic E-state index is 0.184. The van der Waals surface area contributed by atoms with E-state index in [4.69, 9.17) is 10.8 Å². The summed E-state index contributed by atoms with van der Waals surface area (Å²) in [5.41, 5.74) is 0. The molecule has 0 spiro atoms. The van der Waals surface area contributed by atoms with Crippen LogP contribution in [0.1, 0.15) is 20.3 Å². The van der Waals surface area contributed by atoms with Gasteiger partial charge in [0, 0.05) is 5.92 Å². The second-order valence-electron chi connectivity index (χ2n) is 2.66. The van der Waals surface area contributed by atoms with Crippen LogP contribution < -0.4 is 0 Å². The Morgan fingerprint density at radius 2 is 1.91 bits per heavy atom. The van der Waals surface area contributed by atoms with Crippen molar-refractivity contribution in [1.29, 1.82) is 10.8 Å². The van der Waals surface area contributed by atoms with Crippen LogP contribution in [-0.2, 0) is 0 Å². The van der Waals surface area contributed by atoms with E-state index in [0.717, 1.165) is 6.42 Å². The second kappa shape index (κ2) is 5.83. The molecule has 0 heterocycles. The lowest BCUT2D eigenvalue weighted by molar-refractivity contribution is 0.595. The molecule has 0 aromatic heterocycles. The molecular weight excluding hydrogens is 136 g/mol. The third-order valence-electron chi connectivity index (χ3n) is 1.80. The first-order valence-electron chi connectivity index (χ1n) is 3.88. The van der Waals surface area contributed by atoms with E-state index in [0.29, 0.717) is 0 Å². The van der Waals surface area contributed by atoms with Crippen molar-refractivity contribution in [2.45, 2.75) is 20.3 Å².